The third-order valence-corrected chi connectivity index (χ3v) is 4.57. The van der Waals surface area contributed by atoms with Gasteiger partial charge in [0, 0.05) is 25.5 Å². The summed E-state index contributed by atoms with van der Waals surface area (Å²) in [6, 6.07) is 17.9. The zero-order chi connectivity index (χ0) is 18.5. The molecule has 0 radical (unpaired) electrons. The number of amides is 1. The Kier molecular flexibility index (Phi) is 5.46. The van der Waals surface area contributed by atoms with E-state index in [9.17, 15) is 4.79 Å². The van der Waals surface area contributed by atoms with E-state index in [1.807, 2.05) is 75.5 Å². The first-order valence-corrected chi connectivity index (χ1v) is 8.74. The van der Waals surface area contributed by atoms with E-state index >= 15 is 0 Å². The van der Waals surface area contributed by atoms with Crippen LogP contribution < -0.4 is 0 Å². The van der Waals surface area contributed by atoms with Gasteiger partial charge in [-0.1, -0.05) is 48.0 Å². The molecule has 2 aromatic carbocycles. The molecule has 3 rings (SSSR count). The van der Waals surface area contributed by atoms with E-state index in [4.69, 9.17) is 4.42 Å². The van der Waals surface area contributed by atoms with Crippen LogP contribution >= 0.6 is 0 Å². The number of hydrogen-bond acceptors (Lipinski definition) is 4. The van der Waals surface area contributed by atoms with Gasteiger partial charge < -0.3 is 9.32 Å². The van der Waals surface area contributed by atoms with Gasteiger partial charge in [-0.2, -0.15) is 0 Å². The summed E-state index contributed by atoms with van der Waals surface area (Å²) in [5.41, 5.74) is 3.17. The summed E-state index contributed by atoms with van der Waals surface area (Å²) in [5, 5.41) is 8.14. The van der Waals surface area contributed by atoms with Gasteiger partial charge in [0.15, 0.2) is 0 Å². The van der Waals surface area contributed by atoms with Crippen molar-refractivity contribution in [1.82, 2.24) is 15.1 Å². The van der Waals surface area contributed by atoms with Gasteiger partial charge in [-0.3, -0.25) is 4.79 Å². The van der Waals surface area contributed by atoms with E-state index in [0.717, 1.165) is 11.1 Å². The molecule has 1 heterocycles. The van der Waals surface area contributed by atoms with Crippen molar-refractivity contribution < 1.29 is 9.21 Å². The van der Waals surface area contributed by atoms with Crippen LogP contribution in [0.4, 0.5) is 0 Å². The number of nitrogens with zero attached hydrogens (tertiary/aromatic N) is 3. The zero-order valence-electron chi connectivity index (χ0n) is 15.3. The van der Waals surface area contributed by atoms with Crippen molar-refractivity contribution in [3.63, 3.8) is 0 Å². The molecular weight excluding hydrogens is 326 g/mol. The van der Waals surface area contributed by atoms with Crippen molar-refractivity contribution in [1.29, 1.82) is 0 Å². The first kappa shape index (κ1) is 17.9. The molecule has 5 heteroatoms. The average Bonchev–Trinajstić information content (AvgIpc) is 3.15. The fourth-order valence-electron chi connectivity index (χ4n) is 2.73. The molecule has 1 amide bonds. The number of hydrogen-bond donors (Lipinski definition) is 0. The van der Waals surface area contributed by atoms with Crippen LogP contribution in [0.5, 0.6) is 0 Å². The summed E-state index contributed by atoms with van der Waals surface area (Å²) < 4.78 is 5.69. The maximum Gasteiger partial charge on any atom is 0.247 e. The van der Waals surface area contributed by atoms with Crippen LogP contribution in [0.3, 0.4) is 0 Å². The normalized spacial score (nSPS) is 12.0. The molecule has 1 aromatic heterocycles. The van der Waals surface area contributed by atoms with Crippen molar-refractivity contribution in [2.45, 2.75) is 32.7 Å². The largest absolute Gasteiger partial charge is 0.421 e. The minimum Gasteiger partial charge on any atom is -0.421 e. The summed E-state index contributed by atoms with van der Waals surface area (Å²) in [5.74, 6) is 1.02. The Morgan fingerprint density at radius 3 is 2.46 bits per heavy atom. The lowest BCUT2D eigenvalue weighted by Crippen LogP contribution is -2.29. The molecule has 0 fully saturated rings. The van der Waals surface area contributed by atoms with Crippen molar-refractivity contribution in [2.75, 3.05) is 7.05 Å². The number of benzene rings is 2. The predicted molar refractivity (Wildman–Crippen MR) is 100 cm³/mol. The van der Waals surface area contributed by atoms with Crippen molar-refractivity contribution >= 4 is 5.91 Å². The molecule has 3 aromatic rings. The van der Waals surface area contributed by atoms with E-state index in [2.05, 4.69) is 10.2 Å². The lowest BCUT2D eigenvalue weighted by Gasteiger charge is -2.25. The minimum atomic E-state index is 0.0227. The Labute approximate surface area is 153 Å². The van der Waals surface area contributed by atoms with Crippen molar-refractivity contribution in [3.8, 4) is 11.5 Å². The summed E-state index contributed by atoms with van der Waals surface area (Å²) >= 11 is 0. The third-order valence-electron chi connectivity index (χ3n) is 4.57. The molecule has 0 bridgehead atoms. The molecule has 26 heavy (non-hydrogen) atoms. The summed E-state index contributed by atoms with van der Waals surface area (Å²) in [6.45, 7) is 4.05. The number of rotatable bonds is 6. The van der Waals surface area contributed by atoms with Gasteiger partial charge in [-0.15, -0.1) is 10.2 Å². The standard InChI is InChI=1S/C21H23N3O2/c1-15-9-11-18(12-10-15)21-23-22-19(26-21)13-14-20(25)24(3)16(2)17-7-5-4-6-8-17/h4-12,16H,13-14H2,1-3H3/t16-/m0/s1. The van der Waals surface area contributed by atoms with Crippen LogP contribution in [0, 0.1) is 6.92 Å². The molecule has 0 unspecified atom stereocenters. The third kappa shape index (κ3) is 4.17. The molecule has 0 aliphatic rings. The summed E-state index contributed by atoms with van der Waals surface area (Å²) in [4.78, 5) is 14.2. The van der Waals surface area contributed by atoms with Gasteiger partial charge in [0.25, 0.3) is 0 Å². The maximum absolute atomic E-state index is 12.5. The minimum absolute atomic E-state index is 0.0227. The molecule has 0 saturated carbocycles. The van der Waals surface area contributed by atoms with Crippen LogP contribution in [0.2, 0.25) is 0 Å². The highest BCUT2D eigenvalue weighted by Gasteiger charge is 2.18. The molecule has 0 saturated heterocycles. The Balaban J connectivity index is 1.58. The number of aryl methyl sites for hydroxylation is 2. The lowest BCUT2D eigenvalue weighted by atomic mass is 10.1. The van der Waals surface area contributed by atoms with Crippen LogP contribution in [0.1, 0.15) is 36.4 Å². The molecule has 134 valence electrons. The highest BCUT2D eigenvalue weighted by molar-refractivity contribution is 5.76. The number of carbonyl (C=O) groups excluding carboxylic acids is 1. The second-order valence-corrected chi connectivity index (χ2v) is 6.46. The monoisotopic (exact) mass is 349 g/mol. The van der Waals surface area contributed by atoms with Gasteiger partial charge in [-0.25, -0.2) is 0 Å². The number of carbonyl (C=O) groups is 1. The van der Waals surface area contributed by atoms with Crippen LogP contribution in [-0.2, 0) is 11.2 Å². The SMILES string of the molecule is Cc1ccc(-c2nnc(CCC(=O)N(C)[C@@H](C)c3ccccc3)o2)cc1. The Morgan fingerprint density at radius 1 is 1.08 bits per heavy atom. The fourth-order valence-corrected chi connectivity index (χ4v) is 2.73. The first-order valence-electron chi connectivity index (χ1n) is 8.74. The van der Waals surface area contributed by atoms with Crippen LogP contribution in [-0.4, -0.2) is 28.1 Å². The molecular formula is C21H23N3O2. The molecule has 5 nitrogen and oxygen atoms in total. The maximum atomic E-state index is 12.5. The Morgan fingerprint density at radius 2 is 1.77 bits per heavy atom. The van der Waals surface area contributed by atoms with Gasteiger partial charge in [0.05, 0.1) is 6.04 Å². The van der Waals surface area contributed by atoms with Crippen LogP contribution in [0.15, 0.2) is 59.0 Å². The number of aromatic nitrogens is 2. The Bertz CT molecular complexity index is 856. The highest BCUT2D eigenvalue weighted by Crippen LogP contribution is 2.21. The van der Waals surface area contributed by atoms with E-state index in [-0.39, 0.29) is 11.9 Å². The second kappa shape index (κ2) is 7.95. The van der Waals surface area contributed by atoms with Crippen LogP contribution in [0.25, 0.3) is 11.5 Å². The Hall–Kier alpha value is -2.95. The van der Waals surface area contributed by atoms with E-state index in [0.29, 0.717) is 24.6 Å². The van der Waals surface area contributed by atoms with E-state index in [1.165, 1.54) is 5.56 Å². The van der Waals surface area contributed by atoms with Gasteiger partial charge in [0.2, 0.25) is 17.7 Å². The van der Waals surface area contributed by atoms with E-state index < -0.39 is 0 Å². The quantitative estimate of drug-likeness (QED) is 0.669. The first-order chi connectivity index (χ1) is 12.5. The van der Waals surface area contributed by atoms with Gasteiger partial charge >= 0.3 is 0 Å². The van der Waals surface area contributed by atoms with Gasteiger partial charge in [-0.05, 0) is 31.5 Å². The summed E-state index contributed by atoms with van der Waals surface area (Å²) in [7, 11) is 1.82. The molecule has 1 atom stereocenters. The molecule has 0 N–H and O–H groups in total. The van der Waals surface area contributed by atoms with E-state index in [1.54, 1.807) is 4.90 Å². The van der Waals surface area contributed by atoms with Crippen molar-refractivity contribution in [2.24, 2.45) is 0 Å². The molecule has 0 aliphatic carbocycles. The topological polar surface area (TPSA) is 59.2 Å². The zero-order valence-corrected chi connectivity index (χ0v) is 15.3. The molecule has 0 spiro atoms. The van der Waals surface area contributed by atoms with Gasteiger partial charge in [0.1, 0.15) is 0 Å². The fraction of sp³-hybridized carbons (Fsp3) is 0.286. The summed E-state index contributed by atoms with van der Waals surface area (Å²) in [6.07, 6.45) is 0.771. The van der Waals surface area contributed by atoms with Crippen molar-refractivity contribution in [3.05, 3.63) is 71.6 Å². The molecule has 0 aliphatic heterocycles. The highest BCUT2D eigenvalue weighted by atomic mass is 16.4. The smallest absolute Gasteiger partial charge is 0.247 e. The average molecular weight is 349 g/mol. The lowest BCUT2D eigenvalue weighted by molar-refractivity contribution is -0.131. The second-order valence-electron chi connectivity index (χ2n) is 6.46. The predicted octanol–water partition coefficient (Wildman–Crippen LogP) is 4.20.